The Morgan fingerprint density at radius 1 is 1.37 bits per heavy atom. The van der Waals surface area contributed by atoms with Crippen molar-refractivity contribution in [3.05, 3.63) is 97.2 Å². The van der Waals surface area contributed by atoms with Crippen molar-refractivity contribution in [3.8, 4) is 5.75 Å². The predicted octanol–water partition coefficient (Wildman–Crippen LogP) is 3.67. The summed E-state index contributed by atoms with van der Waals surface area (Å²) >= 11 is 8.94. The van der Waals surface area contributed by atoms with Gasteiger partial charge in [-0.15, -0.1) is 0 Å². The highest BCUT2D eigenvalue weighted by atomic mass is 127. The Morgan fingerprint density at radius 3 is 2.69 bits per heavy atom. The molecule has 9 nitrogen and oxygen atoms in total. The quantitative estimate of drug-likeness (QED) is 0.200. The van der Waals surface area contributed by atoms with E-state index >= 15 is 0 Å². The topological polar surface area (TPSA) is 124 Å². The molecule has 0 amide bonds. The third-order valence-corrected chi connectivity index (χ3v) is 7.32. The number of carbonyl (C=O) groups excluding carboxylic acids is 1. The first-order valence-corrected chi connectivity index (χ1v) is 12.5. The van der Waals surface area contributed by atoms with Crippen LogP contribution in [0.15, 0.2) is 57.5 Å². The van der Waals surface area contributed by atoms with E-state index in [0.717, 1.165) is 11.3 Å². The van der Waals surface area contributed by atoms with E-state index in [1.165, 1.54) is 22.8 Å². The maximum Gasteiger partial charge on any atom is 0.338 e. The highest BCUT2D eigenvalue weighted by Crippen LogP contribution is 2.33. The lowest BCUT2D eigenvalue weighted by Gasteiger charge is -2.24. The lowest BCUT2D eigenvalue weighted by Crippen LogP contribution is -2.39. The van der Waals surface area contributed by atoms with Crippen LogP contribution >= 0.6 is 45.5 Å². The highest BCUT2D eigenvalue weighted by Gasteiger charge is 2.33. The molecule has 0 radical (unpaired) electrons. The summed E-state index contributed by atoms with van der Waals surface area (Å²) in [6, 6.07) is 8.74. The number of carbonyl (C=O) groups is 1. The zero-order valence-corrected chi connectivity index (χ0v) is 22.1. The van der Waals surface area contributed by atoms with E-state index in [-0.39, 0.29) is 20.3 Å². The van der Waals surface area contributed by atoms with Crippen molar-refractivity contribution in [2.24, 2.45) is 4.99 Å². The molecular weight excluding hydrogens is 609 g/mol. The molecule has 0 fully saturated rings. The Kier molecular flexibility index (Phi) is 7.10. The minimum absolute atomic E-state index is 0.158. The molecule has 0 unspecified atom stereocenters. The fourth-order valence-corrected chi connectivity index (χ4v) is 5.54. The van der Waals surface area contributed by atoms with Crippen molar-refractivity contribution < 1.29 is 19.6 Å². The third-order valence-electron chi connectivity index (χ3n) is 5.26. The number of fused-ring (bicyclic) bond motifs is 1. The molecule has 0 spiro atoms. The Bertz CT molecular complexity index is 1580. The predicted molar refractivity (Wildman–Crippen MR) is 139 cm³/mol. The number of rotatable bonds is 5. The summed E-state index contributed by atoms with van der Waals surface area (Å²) in [5.74, 6) is -1.02. The number of nitro groups is 1. The lowest BCUT2D eigenvalue weighted by atomic mass is 9.96. The summed E-state index contributed by atoms with van der Waals surface area (Å²) in [4.78, 5) is 41.9. The van der Waals surface area contributed by atoms with E-state index in [0.29, 0.717) is 26.6 Å². The molecule has 2 heterocycles. The van der Waals surface area contributed by atoms with Gasteiger partial charge < -0.3 is 9.84 Å². The first kappa shape index (κ1) is 25.1. The lowest BCUT2D eigenvalue weighted by molar-refractivity contribution is -0.386. The van der Waals surface area contributed by atoms with E-state index in [2.05, 4.69) is 4.99 Å². The smallest absolute Gasteiger partial charge is 0.338 e. The number of nitrogens with zero attached hydrogens (tertiary/aromatic N) is 3. The van der Waals surface area contributed by atoms with Crippen LogP contribution < -0.4 is 14.9 Å². The third kappa shape index (κ3) is 4.75. The monoisotopic (exact) mass is 625 g/mol. The first-order valence-electron chi connectivity index (χ1n) is 10.2. The van der Waals surface area contributed by atoms with Crippen molar-refractivity contribution in [3.63, 3.8) is 0 Å². The van der Waals surface area contributed by atoms with Crippen LogP contribution in [0.4, 0.5) is 5.69 Å². The van der Waals surface area contributed by atoms with Gasteiger partial charge in [0, 0.05) is 11.1 Å². The molecule has 3 aromatic rings. The zero-order valence-electron chi connectivity index (χ0n) is 18.3. The van der Waals surface area contributed by atoms with Gasteiger partial charge >= 0.3 is 11.7 Å². The van der Waals surface area contributed by atoms with Crippen LogP contribution in [0, 0.1) is 13.7 Å². The molecular formula is C23H17ClIN3O6S. The van der Waals surface area contributed by atoms with Gasteiger partial charge in [-0.3, -0.25) is 19.5 Å². The normalized spacial score (nSPS) is 15.5. The molecule has 0 saturated heterocycles. The first-order chi connectivity index (χ1) is 16.6. The standard InChI is InChI=1S/C23H17ClIN3O6S/c1-3-34-22(31)18-11(2)26-23-27(19(18)13-4-6-14(24)7-5-13)21(30)17(35-23)10-12-8-15(25)20(29)16(9-12)28(32)33/h4-10,19,29H,3H2,1-2H3/b17-10-/t19-/m0/s1. The van der Waals surface area contributed by atoms with Crippen LogP contribution in [-0.4, -0.2) is 27.2 Å². The second kappa shape index (κ2) is 9.91. The Morgan fingerprint density at radius 2 is 2.06 bits per heavy atom. The molecule has 1 aromatic heterocycles. The summed E-state index contributed by atoms with van der Waals surface area (Å²) in [7, 11) is 0. The Labute approximate surface area is 220 Å². The second-order valence-corrected chi connectivity index (χ2v) is 10.1. The van der Waals surface area contributed by atoms with E-state index in [9.17, 15) is 24.8 Å². The molecule has 1 aliphatic heterocycles. The fourth-order valence-electron chi connectivity index (χ4n) is 3.73. The molecule has 0 bridgehead atoms. The summed E-state index contributed by atoms with van der Waals surface area (Å²) in [6.45, 7) is 3.53. The molecule has 0 aliphatic carbocycles. The SMILES string of the molecule is CCOC(=O)C1=C(C)N=c2s/c(=C\c3cc(I)c(O)c([N+](=O)[O-])c3)c(=O)n2[C@H]1c1ccc(Cl)cc1. The zero-order chi connectivity index (χ0) is 25.4. The molecule has 1 atom stereocenters. The van der Waals surface area contributed by atoms with Crippen molar-refractivity contribution in [1.82, 2.24) is 4.57 Å². The van der Waals surface area contributed by atoms with Crippen LogP contribution in [0.2, 0.25) is 5.02 Å². The van der Waals surface area contributed by atoms with Gasteiger partial charge in [0.25, 0.3) is 5.56 Å². The second-order valence-electron chi connectivity index (χ2n) is 7.48. The number of hydrogen-bond donors (Lipinski definition) is 1. The number of allylic oxidation sites excluding steroid dienone is 1. The van der Waals surface area contributed by atoms with Crippen molar-refractivity contribution in [2.45, 2.75) is 19.9 Å². The van der Waals surface area contributed by atoms with E-state index < -0.39 is 33.9 Å². The van der Waals surface area contributed by atoms with Gasteiger partial charge in [-0.1, -0.05) is 35.1 Å². The van der Waals surface area contributed by atoms with Crippen molar-refractivity contribution in [2.75, 3.05) is 6.61 Å². The Balaban J connectivity index is 1.96. The van der Waals surface area contributed by atoms with Gasteiger partial charge in [-0.25, -0.2) is 9.79 Å². The van der Waals surface area contributed by atoms with Gasteiger partial charge in [-0.05, 0) is 71.8 Å². The number of aromatic hydroxyl groups is 1. The van der Waals surface area contributed by atoms with Crippen LogP contribution in [0.25, 0.3) is 6.08 Å². The molecule has 0 saturated carbocycles. The molecule has 180 valence electrons. The number of hydrogen-bond acceptors (Lipinski definition) is 8. The molecule has 1 N–H and O–H groups in total. The van der Waals surface area contributed by atoms with Crippen LogP contribution in [-0.2, 0) is 9.53 Å². The maximum absolute atomic E-state index is 13.6. The van der Waals surface area contributed by atoms with Crippen LogP contribution in [0.3, 0.4) is 0 Å². The number of benzene rings is 2. The van der Waals surface area contributed by atoms with E-state index in [1.54, 1.807) is 60.7 Å². The van der Waals surface area contributed by atoms with Crippen LogP contribution in [0.5, 0.6) is 5.75 Å². The van der Waals surface area contributed by atoms with E-state index in [4.69, 9.17) is 16.3 Å². The number of esters is 1. The van der Waals surface area contributed by atoms with E-state index in [1.807, 2.05) is 0 Å². The number of ether oxygens (including phenoxy) is 1. The number of phenols is 1. The Hall–Kier alpha value is -3.03. The summed E-state index contributed by atoms with van der Waals surface area (Å²) in [6.07, 6.45) is 1.50. The largest absolute Gasteiger partial charge is 0.501 e. The van der Waals surface area contributed by atoms with Gasteiger partial charge in [-0.2, -0.15) is 0 Å². The maximum atomic E-state index is 13.6. The number of aromatic nitrogens is 1. The molecule has 35 heavy (non-hydrogen) atoms. The average molecular weight is 626 g/mol. The molecule has 1 aliphatic rings. The average Bonchev–Trinajstić information content (AvgIpc) is 3.10. The highest BCUT2D eigenvalue weighted by molar-refractivity contribution is 14.1. The number of halogens is 2. The minimum atomic E-state index is -0.793. The fraction of sp³-hybridized carbons (Fsp3) is 0.174. The summed E-state index contributed by atoms with van der Waals surface area (Å²) < 4.78 is 7.20. The summed E-state index contributed by atoms with van der Waals surface area (Å²) in [5.41, 5.74) is 0.792. The number of nitro benzene ring substituents is 1. The minimum Gasteiger partial charge on any atom is -0.501 e. The van der Waals surface area contributed by atoms with Gasteiger partial charge in [0.05, 0.1) is 36.9 Å². The van der Waals surface area contributed by atoms with Gasteiger partial charge in [0.1, 0.15) is 0 Å². The van der Waals surface area contributed by atoms with Gasteiger partial charge in [0.15, 0.2) is 4.80 Å². The van der Waals surface area contributed by atoms with Crippen molar-refractivity contribution >= 4 is 63.3 Å². The van der Waals surface area contributed by atoms with Gasteiger partial charge in [0.2, 0.25) is 5.75 Å². The molecule has 12 heteroatoms. The molecule has 2 aromatic carbocycles. The number of phenolic OH excluding ortho intramolecular Hbond substituents is 1. The number of thiazole rings is 1. The molecule has 4 rings (SSSR count). The van der Waals surface area contributed by atoms with Crippen molar-refractivity contribution in [1.29, 1.82) is 0 Å². The van der Waals surface area contributed by atoms with Crippen LogP contribution in [0.1, 0.15) is 31.0 Å². The summed E-state index contributed by atoms with van der Waals surface area (Å²) in [5, 5.41) is 21.8.